The minimum absolute atomic E-state index is 0.105. The lowest BCUT2D eigenvalue weighted by molar-refractivity contribution is 0.0910. The van der Waals surface area contributed by atoms with Crippen molar-refractivity contribution in [3.8, 4) is 0 Å². The van der Waals surface area contributed by atoms with Gasteiger partial charge in [0, 0.05) is 40.3 Å². The molecule has 2 heterocycles. The topological polar surface area (TPSA) is 70.9 Å². The zero-order chi connectivity index (χ0) is 19.5. The minimum Gasteiger partial charge on any atom is -0.451 e. The SMILES string of the molecule is Cc1c(C(=O)NC(Cc2ccccc2)Cc2cnc[nH]2)oc2ccc(Cl)cc12. The van der Waals surface area contributed by atoms with Gasteiger partial charge in [-0.15, -0.1) is 0 Å². The van der Waals surface area contributed by atoms with Crippen LogP contribution in [0.1, 0.15) is 27.4 Å². The van der Waals surface area contributed by atoms with E-state index in [1.807, 2.05) is 31.2 Å². The van der Waals surface area contributed by atoms with Crippen LogP contribution in [0.4, 0.5) is 0 Å². The monoisotopic (exact) mass is 393 g/mol. The molecule has 28 heavy (non-hydrogen) atoms. The zero-order valence-electron chi connectivity index (χ0n) is 15.4. The third-order valence-corrected chi connectivity index (χ3v) is 5.02. The van der Waals surface area contributed by atoms with Crippen molar-refractivity contribution >= 4 is 28.5 Å². The first-order valence-corrected chi connectivity index (χ1v) is 9.48. The summed E-state index contributed by atoms with van der Waals surface area (Å²) in [6.07, 6.45) is 4.77. The summed E-state index contributed by atoms with van der Waals surface area (Å²) < 4.78 is 5.81. The van der Waals surface area contributed by atoms with Crippen LogP contribution in [0.2, 0.25) is 5.02 Å². The second kappa shape index (κ2) is 7.90. The van der Waals surface area contributed by atoms with Gasteiger partial charge in [-0.25, -0.2) is 4.98 Å². The summed E-state index contributed by atoms with van der Waals surface area (Å²) in [6.45, 7) is 1.87. The molecule has 2 N–H and O–H groups in total. The number of hydrogen-bond donors (Lipinski definition) is 2. The highest BCUT2D eigenvalue weighted by Gasteiger charge is 2.21. The Kier molecular flexibility index (Phi) is 5.17. The van der Waals surface area contributed by atoms with Crippen molar-refractivity contribution in [2.45, 2.75) is 25.8 Å². The van der Waals surface area contributed by atoms with Gasteiger partial charge in [0.2, 0.25) is 0 Å². The molecule has 0 spiro atoms. The van der Waals surface area contributed by atoms with Crippen LogP contribution in [0.25, 0.3) is 11.0 Å². The molecule has 0 fully saturated rings. The van der Waals surface area contributed by atoms with E-state index in [1.165, 1.54) is 0 Å². The number of aromatic amines is 1. The number of H-pyrrole nitrogens is 1. The molecule has 0 aliphatic carbocycles. The van der Waals surface area contributed by atoms with E-state index in [4.69, 9.17) is 16.0 Å². The largest absolute Gasteiger partial charge is 0.451 e. The van der Waals surface area contributed by atoms with E-state index in [0.29, 0.717) is 29.2 Å². The van der Waals surface area contributed by atoms with E-state index < -0.39 is 0 Å². The van der Waals surface area contributed by atoms with E-state index in [1.54, 1.807) is 24.7 Å². The highest BCUT2D eigenvalue weighted by molar-refractivity contribution is 6.31. The average Bonchev–Trinajstić information content (AvgIpc) is 3.31. The molecule has 2 aromatic heterocycles. The first kappa shape index (κ1) is 18.3. The highest BCUT2D eigenvalue weighted by atomic mass is 35.5. The van der Waals surface area contributed by atoms with Gasteiger partial charge in [0.25, 0.3) is 5.91 Å². The number of rotatable bonds is 6. The molecule has 1 amide bonds. The van der Waals surface area contributed by atoms with Gasteiger partial charge < -0.3 is 14.7 Å². The summed E-state index contributed by atoms with van der Waals surface area (Å²) in [4.78, 5) is 20.2. The molecule has 142 valence electrons. The zero-order valence-corrected chi connectivity index (χ0v) is 16.2. The van der Waals surface area contributed by atoms with Crippen molar-refractivity contribution < 1.29 is 9.21 Å². The van der Waals surface area contributed by atoms with Crippen LogP contribution in [0.5, 0.6) is 0 Å². The second-order valence-electron chi connectivity index (χ2n) is 6.84. The fraction of sp³-hybridized carbons (Fsp3) is 0.182. The molecule has 4 aromatic rings. The van der Waals surface area contributed by atoms with Gasteiger partial charge in [-0.2, -0.15) is 0 Å². The van der Waals surface area contributed by atoms with Gasteiger partial charge in [0.05, 0.1) is 6.33 Å². The number of hydrogen-bond acceptors (Lipinski definition) is 3. The van der Waals surface area contributed by atoms with Crippen LogP contribution in [0.3, 0.4) is 0 Å². The maximum absolute atomic E-state index is 13.0. The van der Waals surface area contributed by atoms with Crippen molar-refractivity contribution in [2.24, 2.45) is 0 Å². The van der Waals surface area contributed by atoms with E-state index >= 15 is 0 Å². The number of aryl methyl sites for hydroxylation is 1. The average molecular weight is 394 g/mol. The number of benzene rings is 2. The molecule has 2 aromatic carbocycles. The number of nitrogens with zero attached hydrogens (tertiary/aromatic N) is 1. The molecule has 4 rings (SSSR count). The van der Waals surface area contributed by atoms with Crippen LogP contribution in [-0.2, 0) is 12.8 Å². The Balaban J connectivity index is 1.58. The number of imidazole rings is 1. The third kappa shape index (κ3) is 3.94. The smallest absolute Gasteiger partial charge is 0.287 e. The van der Waals surface area contributed by atoms with Crippen LogP contribution >= 0.6 is 11.6 Å². The number of aromatic nitrogens is 2. The second-order valence-corrected chi connectivity index (χ2v) is 7.27. The van der Waals surface area contributed by atoms with Crippen molar-refractivity contribution in [1.29, 1.82) is 0 Å². The van der Waals surface area contributed by atoms with Crippen LogP contribution in [0, 0.1) is 6.92 Å². The molecule has 0 saturated heterocycles. The number of amides is 1. The summed E-state index contributed by atoms with van der Waals surface area (Å²) in [6, 6.07) is 15.3. The van der Waals surface area contributed by atoms with Crippen molar-refractivity contribution in [3.63, 3.8) is 0 Å². The van der Waals surface area contributed by atoms with Crippen LogP contribution < -0.4 is 5.32 Å². The molecule has 0 saturated carbocycles. The number of halogens is 1. The molecule has 0 aliphatic rings. The molecule has 1 atom stereocenters. The van der Waals surface area contributed by atoms with E-state index in [2.05, 4.69) is 27.4 Å². The van der Waals surface area contributed by atoms with E-state index in [9.17, 15) is 4.79 Å². The van der Waals surface area contributed by atoms with Gasteiger partial charge in [0.1, 0.15) is 5.58 Å². The van der Waals surface area contributed by atoms with Crippen LogP contribution in [0.15, 0.2) is 65.5 Å². The maximum Gasteiger partial charge on any atom is 0.287 e. The number of fused-ring (bicyclic) bond motifs is 1. The maximum atomic E-state index is 13.0. The first-order chi connectivity index (χ1) is 13.6. The van der Waals surface area contributed by atoms with Gasteiger partial charge >= 0.3 is 0 Å². The third-order valence-electron chi connectivity index (χ3n) is 4.79. The van der Waals surface area contributed by atoms with Crippen molar-refractivity contribution in [3.05, 3.63) is 88.7 Å². The van der Waals surface area contributed by atoms with Gasteiger partial charge in [-0.05, 0) is 37.1 Å². The molecule has 1 unspecified atom stereocenters. The summed E-state index contributed by atoms with van der Waals surface area (Å²) in [5.74, 6) is 0.0882. The van der Waals surface area contributed by atoms with Gasteiger partial charge in [-0.1, -0.05) is 41.9 Å². The first-order valence-electron chi connectivity index (χ1n) is 9.11. The molecular formula is C22H20ClN3O2. The Morgan fingerprint density at radius 2 is 2.04 bits per heavy atom. The van der Waals surface area contributed by atoms with E-state index in [-0.39, 0.29) is 11.9 Å². The molecular weight excluding hydrogens is 374 g/mol. The van der Waals surface area contributed by atoms with Crippen molar-refractivity contribution in [1.82, 2.24) is 15.3 Å². The summed E-state index contributed by atoms with van der Waals surface area (Å²) in [5.41, 5.74) is 3.56. The lowest BCUT2D eigenvalue weighted by atomic mass is 10.0. The number of nitrogens with one attached hydrogen (secondary N) is 2. The lowest BCUT2D eigenvalue weighted by Crippen LogP contribution is -2.38. The molecule has 0 bridgehead atoms. The van der Waals surface area contributed by atoms with Crippen LogP contribution in [-0.4, -0.2) is 21.9 Å². The summed E-state index contributed by atoms with van der Waals surface area (Å²) >= 11 is 6.08. The predicted molar refractivity (Wildman–Crippen MR) is 110 cm³/mol. The Labute approximate surface area is 167 Å². The molecule has 5 nitrogen and oxygen atoms in total. The van der Waals surface area contributed by atoms with Gasteiger partial charge in [-0.3, -0.25) is 4.79 Å². The minimum atomic E-state index is -0.231. The molecule has 0 radical (unpaired) electrons. The molecule has 6 heteroatoms. The summed E-state index contributed by atoms with van der Waals surface area (Å²) in [7, 11) is 0. The Hall–Kier alpha value is -3.05. The quantitative estimate of drug-likeness (QED) is 0.498. The predicted octanol–water partition coefficient (Wildman–Crippen LogP) is 4.70. The lowest BCUT2D eigenvalue weighted by Gasteiger charge is -2.18. The highest BCUT2D eigenvalue weighted by Crippen LogP contribution is 2.28. The number of carbonyl (C=O) groups is 1. The number of furan rings is 1. The molecule has 0 aliphatic heterocycles. The van der Waals surface area contributed by atoms with Gasteiger partial charge in [0.15, 0.2) is 5.76 Å². The number of carbonyl (C=O) groups excluding carboxylic acids is 1. The summed E-state index contributed by atoms with van der Waals surface area (Å²) in [5, 5.41) is 4.59. The Morgan fingerprint density at radius 1 is 1.21 bits per heavy atom. The fourth-order valence-electron chi connectivity index (χ4n) is 3.40. The fourth-order valence-corrected chi connectivity index (χ4v) is 3.57. The standard InChI is InChI=1S/C22H20ClN3O2/c1-14-19-10-16(23)7-8-20(19)28-21(14)22(27)26-17(11-18-12-24-13-25-18)9-15-5-3-2-4-6-15/h2-8,10,12-13,17H,9,11H2,1H3,(H,24,25)(H,26,27). The van der Waals surface area contributed by atoms with Crippen molar-refractivity contribution in [2.75, 3.05) is 0 Å². The Morgan fingerprint density at radius 3 is 2.79 bits per heavy atom. The normalized spacial score (nSPS) is 12.2. The Bertz CT molecular complexity index is 1090. The van der Waals surface area contributed by atoms with E-state index in [0.717, 1.165) is 22.2 Å².